The Morgan fingerprint density at radius 3 is 2.26 bits per heavy atom. The molecular weight excluding hydrogens is 290 g/mol. The third kappa shape index (κ3) is 5.01. The summed E-state index contributed by atoms with van der Waals surface area (Å²) in [5, 5.41) is 4.55. The summed E-state index contributed by atoms with van der Waals surface area (Å²) in [6.45, 7) is 1.16. The summed E-state index contributed by atoms with van der Waals surface area (Å²) in [5.74, 6) is -4.38. The highest BCUT2D eigenvalue weighted by Crippen LogP contribution is 2.23. The zero-order valence-corrected chi connectivity index (χ0v) is 10.7. The summed E-state index contributed by atoms with van der Waals surface area (Å²) >= 11 is 5.56. The Labute approximate surface area is 111 Å². The van der Waals surface area contributed by atoms with Crippen molar-refractivity contribution >= 4 is 23.5 Å². The number of halogens is 5. The third-order valence-corrected chi connectivity index (χ3v) is 2.11. The molecule has 0 aliphatic heterocycles. The standard InChI is InChI=1S/C9H12ClF4N5/c1-2-3-15-7-17-6(10)18-8(19-7)16-4-9(13,14)5(11)12/h5H,2-4H2,1H3,(H2,15,16,17,18,19). The molecule has 2 N–H and O–H groups in total. The molecule has 0 saturated heterocycles. The number of aromatic nitrogens is 3. The maximum absolute atomic E-state index is 12.7. The SMILES string of the molecule is CCCNc1nc(Cl)nc(NCC(F)(F)C(F)F)n1. The predicted molar refractivity (Wildman–Crippen MR) is 63.1 cm³/mol. The van der Waals surface area contributed by atoms with Crippen molar-refractivity contribution in [2.24, 2.45) is 0 Å². The molecule has 10 heteroatoms. The molecule has 1 heterocycles. The number of hydrogen-bond donors (Lipinski definition) is 2. The van der Waals surface area contributed by atoms with Crippen molar-refractivity contribution in [1.82, 2.24) is 15.0 Å². The first-order valence-corrected chi connectivity index (χ1v) is 5.78. The van der Waals surface area contributed by atoms with E-state index in [1.165, 1.54) is 0 Å². The van der Waals surface area contributed by atoms with Crippen LogP contribution in [0, 0.1) is 0 Å². The summed E-state index contributed by atoms with van der Waals surface area (Å²) in [6.07, 6.45) is -2.98. The Hall–Kier alpha value is -1.38. The Balaban J connectivity index is 2.70. The molecule has 0 atom stereocenters. The maximum Gasteiger partial charge on any atom is 0.324 e. The van der Waals surface area contributed by atoms with Crippen LogP contribution in [0.4, 0.5) is 29.5 Å². The Morgan fingerprint density at radius 1 is 1.16 bits per heavy atom. The lowest BCUT2D eigenvalue weighted by atomic mass is 10.3. The molecule has 0 amide bonds. The molecule has 0 aromatic carbocycles. The molecule has 0 aliphatic rings. The van der Waals surface area contributed by atoms with Gasteiger partial charge in [0.15, 0.2) is 0 Å². The van der Waals surface area contributed by atoms with E-state index in [4.69, 9.17) is 11.6 Å². The van der Waals surface area contributed by atoms with Crippen molar-refractivity contribution in [2.75, 3.05) is 23.7 Å². The van der Waals surface area contributed by atoms with Crippen molar-refractivity contribution in [2.45, 2.75) is 25.7 Å². The minimum Gasteiger partial charge on any atom is -0.354 e. The molecule has 0 bridgehead atoms. The first kappa shape index (κ1) is 15.7. The van der Waals surface area contributed by atoms with Crippen LogP contribution in [0.15, 0.2) is 0 Å². The van der Waals surface area contributed by atoms with Gasteiger partial charge in [0, 0.05) is 6.54 Å². The number of anilines is 2. The van der Waals surface area contributed by atoms with Crippen LogP contribution in [0.3, 0.4) is 0 Å². The van der Waals surface area contributed by atoms with Gasteiger partial charge in [-0.3, -0.25) is 0 Å². The fraction of sp³-hybridized carbons (Fsp3) is 0.667. The number of rotatable bonds is 7. The van der Waals surface area contributed by atoms with Crippen molar-refractivity contribution < 1.29 is 17.6 Å². The van der Waals surface area contributed by atoms with E-state index in [2.05, 4.69) is 20.3 Å². The van der Waals surface area contributed by atoms with Gasteiger partial charge in [0.25, 0.3) is 0 Å². The average Bonchev–Trinajstić information content (AvgIpc) is 2.33. The third-order valence-electron chi connectivity index (χ3n) is 1.94. The van der Waals surface area contributed by atoms with Gasteiger partial charge in [-0.05, 0) is 18.0 Å². The zero-order chi connectivity index (χ0) is 14.5. The molecule has 0 saturated carbocycles. The van der Waals surface area contributed by atoms with Gasteiger partial charge in [-0.1, -0.05) is 6.92 Å². The summed E-state index contributed by atoms with van der Waals surface area (Å²) in [7, 11) is 0. The second kappa shape index (κ2) is 6.69. The molecule has 1 rings (SSSR count). The summed E-state index contributed by atoms with van der Waals surface area (Å²) in [6, 6.07) is 0. The van der Waals surface area contributed by atoms with Crippen LogP contribution in [-0.2, 0) is 0 Å². The van der Waals surface area contributed by atoms with E-state index in [-0.39, 0.29) is 17.2 Å². The molecule has 19 heavy (non-hydrogen) atoms. The molecule has 0 aliphatic carbocycles. The van der Waals surface area contributed by atoms with Crippen LogP contribution in [0.1, 0.15) is 13.3 Å². The topological polar surface area (TPSA) is 62.7 Å². The van der Waals surface area contributed by atoms with Crippen molar-refractivity contribution in [1.29, 1.82) is 0 Å². The Morgan fingerprint density at radius 2 is 1.74 bits per heavy atom. The highest BCUT2D eigenvalue weighted by Gasteiger charge is 2.40. The smallest absolute Gasteiger partial charge is 0.324 e. The van der Waals surface area contributed by atoms with Gasteiger partial charge in [-0.15, -0.1) is 0 Å². The fourth-order valence-corrected chi connectivity index (χ4v) is 1.18. The molecule has 0 unspecified atom stereocenters. The Bertz CT molecular complexity index is 418. The quantitative estimate of drug-likeness (QED) is 0.758. The first-order valence-electron chi connectivity index (χ1n) is 5.40. The maximum atomic E-state index is 12.7. The van der Waals surface area contributed by atoms with E-state index >= 15 is 0 Å². The minimum atomic E-state index is -4.17. The van der Waals surface area contributed by atoms with Crippen LogP contribution in [0.5, 0.6) is 0 Å². The summed E-state index contributed by atoms with van der Waals surface area (Å²) in [4.78, 5) is 11.0. The molecule has 108 valence electrons. The first-order chi connectivity index (χ1) is 8.85. The lowest BCUT2D eigenvalue weighted by Gasteiger charge is -2.15. The van der Waals surface area contributed by atoms with E-state index in [0.29, 0.717) is 6.54 Å². The van der Waals surface area contributed by atoms with Gasteiger partial charge in [0.2, 0.25) is 17.2 Å². The van der Waals surface area contributed by atoms with Gasteiger partial charge >= 0.3 is 12.3 Å². The molecule has 0 fully saturated rings. The van der Waals surface area contributed by atoms with Crippen LogP contribution >= 0.6 is 11.6 Å². The Kier molecular flexibility index (Phi) is 5.52. The molecule has 5 nitrogen and oxygen atoms in total. The van der Waals surface area contributed by atoms with Crippen LogP contribution in [0.25, 0.3) is 0 Å². The number of nitrogens with one attached hydrogen (secondary N) is 2. The second-order valence-corrected chi connectivity index (χ2v) is 3.93. The summed E-state index contributed by atoms with van der Waals surface area (Å²) in [5.41, 5.74) is 0. The lowest BCUT2D eigenvalue weighted by Crippen LogP contribution is -2.35. The normalized spacial score (nSPS) is 11.7. The molecule has 0 radical (unpaired) electrons. The second-order valence-electron chi connectivity index (χ2n) is 3.59. The lowest BCUT2D eigenvalue weighted by molar-refractivity contribution is -0.117. The average molecular weight is 302 g/mol. The van der Waals surface area contributed by atoms with Gasteiger partial charge < -0.3 is 10.6 Å². The van der Waals surface area contributed by atoms with E-state index in [1.54, 1.807) is 0 Å². The van der Waals surface area contributed by atoms with E-state index in [1.807, 2.05) is 12.2 Å². The van der Waals surface area contributed by atoms with Gasteiger partial charge in [0.05, 0.1) is 6.54 Å². The van der Waals surface area contributed by atoms with Gasteiger partial charge in [0.1, 0.15) is 0 Å². The van der Waals surface area contributed by atoms with Crippen molar-refractivity contribution in [3.8, 4) is 0 Å². The number of hydrogen-bond acceptors (Lipinski definition) is 5. The van der Waals surface area contributed by atoms with Crippen LogP contribution in [-0.4, -0.2) is 40.4 Å². The number of alkyl halides is 4. The molecule has 1 aromatic rings. The predicted octanol–water partition coefficient (Wildman–Crippen LogP) is 2.66. The van der Waals surface area contributed by atoms with Crippen LogP contribution in [0.2, 0.25) is 5.28 Å². The minimum absolute atomic E-state index is 0.0877. The number of nitrogens with zero attached hydrogens (tertiary/aromatic N) is 3. The largest absolute Gasteiger partial charge is 0.354 e. The highest BCUT2D eigenvalue weighted by molar-refractivity contribution is 6.28. The monoisotopic (exact) mass is 301 g/mol. The van der Waals surface area contributed by atoms with E-state index in [0.717, 1.165) is 6.42 Å². The molecule has 0 spiro atoms. The van der Waals surface area contributed by atoms with E-state index < -0.39 is 18.9 Å². The molecular formula is C9H12ClF4N5. The molecule has 1 aromatic heterocycles. The van der Waals surface area contributed by atoms with Crippen molar-refractivity contribution in [3.05, 3.63) is 5.28 Å². The van der Waals surface area contributed by atoms with Gasteiger partial charge in [-0.25, -0.2) is 8.78 Å². The summed E-state index contributed by atoms with van der Waals surface area (Å²) < 4.78 is 49.3. The highest BCUT2D eigenvalue weighted by atomic mass is 35.5. The van der Waals surface area contributed by atoms with Crippen LogP contribution < -0.4 is 10.6 Å². The van der Waals surface area contributed by atoms with E-state index in [9.17, 15) is 17.6 Å². The zero-order valence-electron chi connectivity index (χ0n) is 9.93. The van der Waals surface area contributed by atoms with Crippen molar-refractivity contribution in [3.63, 3.8) is 0 Å². The fourth-order valence-electron chi connectivity index (χ4n) is 1.02. The van der Waals surface area contributed by atoms with Gasteiger partial charge in [-0.2, -0.15) is 23.7 Å².